The summed E-state index contributed by atoms with van der Waals surface area (Å²) in [5.41, 5.74) is 5.98. The van der Waals surface area contributed by atoms with Crippen LogP contribution in [-0.4, -0.2) is 12.8 Å². The molecule has 4 heteroatoms. The summed E-state index contributed by atoms with van der Waals surface area (Å²) in [6.45, 7) is 1.11. The van der Waals surface area contributed by atoms with E-state index in [1.165, 1.54) is 6.08 Å². The Morgan fingerprint density at radius 2 is 2.00 bits per heavy atom. The summed E-state index contributed by atoms with van der Waals surface area (Å²) in [6, 6.07) is 0. The van der Waals surface area contributed by atoms with Crippen LogP contribution >= 0.6 is 0 Å². The number of nitrogens with two attached hydrogens (primary N) is 1. The monoisotopic (exact) mass is 162 g/mol. The molecule has 0 fully saturated rings. The van der Waals surface area contributed by atoms with E-state index in [9.17, 15) is 8.78 Å². The summed E-state index contributed by atoms with van der Waals surface area (Å²) in [6.07, 6.45) is 2.41. The van der Waals surface area contributed by atoms with Gasteiger partial charge >= 0.3 is 6.55 Å². The van der Waals surface area contributed by atoms with Crippen molar-refractivity contribution in [3.05, 3.63) is 11.8 Å². The van der Waals surface area contributed by atoms with Crippen molar-refractivity contribution < 1.29 is 8.78 Å². The van der Waals surface area contributed by atoms with E-state index in [0.29, 0.717) is 5.70 Å². The molecule has 0 aliphatic carbocycles. The Balaban J connectivity index is 3.91. The number of hydrogen-bond donors (Lipinski definition) is 1. The van der Waals surface area contributed by atoms with Crippen LogP contribution in [0, 0.1) is 5.92 Å². The molecule has 0 aromatic carbocycles. The molecule has 0 bridgehead atoms. The van der Waals surface area contributed by atoms with Crippen LogP contribution in [0.15, 0.2) is 16.8 Å². The first-order chi connectivity index (χ1) is 5.04. The Morgan fingerprint density at radius 3 is 2.36 bits per heavy atom. The predicted molar refractivity (Wildman–Crippen MR) is 41.6 cm³/mol. The molecule has 2 N–H and O–H groups in total. The molecule has 11 heavy (non-hydrogen) atoms. The number of hydrogen-bond acceptors (Lipinski definition) is 2. The average Bonchev–Trinajstić information content (AvgIpc) is 1.86. The predicted octanol–water partition coefficient (Wildman–Crippen LogP) is 1.78. The fourth-order valence-electron chi connectivity index (χ4n) is 0.387. The molecule has 0 heterocycles. The molecule has 0 aromatic rings. The van der Waals surface area contributed by atoms with Crippen molar-refractivity contribution in [3.63, 3.8) is 0 Å². The number of aliphatic imine (C=N–C) groups is 1. The van der Waals surface area contributed by atoms with Crippen molar-refractivity contribution >= 4 is 6.21 Å². The van der Waals surface area contributed by atoms with Crippen LogP contribution in [-0.2, 0) is 0 Å². The highest BCUT2D eigenvalue weighted by molar-refractivity contribution is 5.71. The summed E-state index contributed by atoms with van der Waals surface area (Å²) in [5.74, 6) is 0.166. The zero-order valence-corrected chi connectivity index (χ0v) is 6.59. The van der Waals surface area contributed by atoms with E-state index >= 15 is 0 Å². The Kier molecular flexibility index (Phi) is 4.41. The number of nitrogens with zero attached hydrogens (tertiary/aromatic N) is 1. The third kappa shape index (κ3) is 5.51. The van der Waals surface area contributed by atoms with Gasteiger partial charge in [-0.2, -0.15) is 8.78 Å². The third-order valence-electron chi connectivity index (χ3n) is 1.13. The van der Waals surface area contributed by atoms with Crippen LogP contribution < -0.4 is 5.73 Å². The van der Waals surface area contributed by atoms with Gasteiger partial charge < -0.3 is 5.73 Å². The quantitative estimate of drug-likeness (QED) is 0.498. The Hall–Kier alpha value is -0.930. The topological polar surface area (TPSA) is 38.4 Å². The minimum atomic E-state index is -2.65. The van der Waals surface area contributed by atoms with E-state index < -0.39 is 6.55 Å². The van der Waals surface area contributed by atoms with Gasteiger partial charge in [-0.25, -0.2) is 4.99 Å². The summed E-state index contributed by atoms with van der Waals surface area (Å²) in [5, 5.41) is 0. The van der Waals surface area contributed by atoms with E-state index in [0.717, 1.165) is 6.21 Å². The van der Waals surface area contributed by atoms with Gasteiger partial charge in [-0.05, 0) is 12.0 Å². The van der Waals surface area contributed by atoms with Gasteiger partial charge in [0.2, 0.25) is 0 Å². The van der Waals surface area contributed by atoms with Gasteiger partial charge in [-0.1, -0.05) is 13.8 Å². The highest BCUT2D eigenvalue weighted by Gasteiger charge is 1.95. The second-order valence-corrected chi connectivity index (χ2v) is 2.40. The lowest BCUT2D eigenvalue weighted by molar-refractivity contribution is 0.161. The van der Waals surface area contributed by atoms with Crippen molar-refractivity contribution in [3.8, 4) is 0 Å². The van der Waals surface area contributed by atoms with E-state index in [-0.39, 0.29) is 5.92 Å². The van der Waals surface area contributed by atoms with Crippen LogP contribution in [0.25, 0.3) is 0 Å². The second-order valence-electron chi connectivity index (χ2n) is 2.40. The maximum atomic E-state index is 11.4. The van der Waals surface area contributed by atoms with Crippen molar-refractivity contribution in [1.82, 2.24) is 0 Å². The molecule has 0 unspecified atom stereocenters. The highest BCUT2D eigenvalue weighted by atomic mass is 19.3. The zero-order valence-electron chi connectivity index (χ0n) is 6.59. The maximum absolute atomic E-state index is 11.4. The average molecular weight is 162 g/mol. The highest BCUT2D eigenvalue weighted by Crippen LogP contribution is 2.00. The number of alkyl halides is 2. The normalized spacial score (nSPS) is 13.8. The number of rotatable bonds is 3. The summed E-state index contributed by atoms with van der Waals surface area (Å²) in [7, 11) is 0. The minimum Gasteiger partial charge on any atom is -0.402 e. The Labute approximate surface area is 64.8 Å². The van der Waals surface area contributed by atoms with Gasteiger partial charge in [0.15, 0.2) is 0 Å². The van der Waals surface area contributed by atoms with Crippen LogP contribution in [0.4, 0.5) is 8.78 Å². The van der Waals surface area contributed by atoms with Gasteiger partial charge in [0, 0.05) is 11.9 Å². The molecule has 0 aromatic heterocycles. The first kappa shape index (κ1) is 10.1. The lowest BCUT2D eigenvalue weighted by Crippen LogP contribution is -2.04. The molecule has 0 aliphatic heterocycles. The molecular formula is C7H12F2N2. The largest absolute Gasteiger partial charge is 0.402 e. The summed E-state index contributed by atoms with van der Waals surface area (Å²) in [4.78, 5) is 2.83. The molecule has 0 atom stereocenters. The van der Waals surface area contributed by atoms with Gasteiger partial charge in [0.25, 0.3) is 0 Å². The van der Waals surface area contributed by atoms with Crippen molar-refractivity contribution in [2.45, 2.75) is 20.4 Å². The van der Waals surface area contributed by atoms with E-state index in [1.54, 1.807) is 0 Å². The SMILES string of the molecule is CC(C)C(N)=CC=NC(F)F. The van der Waals surface area contributed by atoms with Crippen LogP contribution in [0.5, 0.6) is 0 Å². The maximum Gasteiger partial charge on any atom is 0.331 e. The van der Waals surface area contributed by atoms with Crippen molar-refractivity contribution in [2.75, 3.05) is 0 Å². The number of allylic oxidation sites excluding steroid dienone is 2. The smallest absolute Gasteiger partial charge is 0.331 e. The van der Waals surface area contributed by atoms with Crippen LogP contribution in [0.2, 0.25) is 0 Å². The molecule has 0 rings (SSSR count). The molecule has 0 spiro atoms. The lowest BCUT2D eigenvalue weighted by Gasteiger charge is -2.01. The first-order valence-corrected chi connectivity index (χ1v) is 3.31. The first-order valence-electron chi connectivity index (χ1n) is 3.31. The fraction of sp³-hybridized carbons (Fsp3) is 0.571. The molecule has 0 radical (unpaired) electrons. The molecule has 0 aliphatic rings. The van der Waals surface area contributed by atoms with Crippen LogP contribution in [0.3, 0.4) is 0 Å². The number of halogens is 2. The molecule has 0 saturated heterocycles. The molecular weight excluding hydrogens is 150 g/mol. The summed E-state index contributed by atoms with van der Waals surface area (Å²) < 4.78 is 22.8. The summed E-state index contributed by atoms with van der Waals surface area (Å²) >= 11 is 0. The lowest BCUT2D eigenvalue weighted by atomic mass is 10.1. The van der Waals surface area contributed by atoms with Gasteiger partial charge in [-0.15, -0.1) is 0 Å². The molecule has 64 valence electrons. The minimum absolute atomic E-state index is 0.166. The third-order valence-corrected chi connectivity index (χ3v) is 1.13. The van der Waals surface area contributed by atoms with E-state index in [2.05, 4.69) is 4.99 Å². The molecule has 0 saturated carbocycles. The van der Waals surface area contributed by atoms with Crippen molar-refractivity contribution in [2.24, 2.45) is 16.6 Å². The van der Waals surface area contributed by atoms with Crippen molar-refractivity contribution in [1.29, 1.82) is 0 Å². The molecule has 0 amide bonds. The zero-order chi connectivity index (χ0) is 8.85. The molecule has 2 nitrogen and oxygen atoms in total. The van der Waals surface area contributed by atoms with Gasteiger partial charge in [0.1, 0.15) is 0 Å². The van der Waals surface area contributed by atoms with E-state index in [4.69, 9.17) is 5.73 Å². The van der Waals surface area contributed by atoms with Gasteiger partial charge in [-0.3, -0.25) is 0 Å². The second kappa shape index (κ2) is 4.82. The fourth-order valence-corrected chi connectivity index (χ4v) is 0.387. The Morgan fingerprint density at radius 1 is 1.45 bits per heavy atom. The standard InChI is InChI=1S/C7H12F2N2/c1-5(2)6(10)3-4-11-7(8)9/h3-5,7H,10H2,1-2H3. The Bertz CT molecular complexity index is 162. The van der Waals surface area contributed by atoms with Gasteiger partial charge in [0.05, 0.1) is 0 Å². The van der Waals surface area contributed by atoms with Crippen LogP contribution in [0.1, 0.15) is 13.8 Å². The van der Waals surface area contributed by atoms with E-state index in [1.807, 2.05) is 13.8 Å².